The molecular weight excluding hydrogens is 495 g/mol. The third kappa shape index (κ3) is 7.75. The molecule has 6 nitrogen and oxygen atoms in total. The second-order valence-electron chi connectivity index (χ2n) is 7.51. The Labute approximate surface area is 195 Å². The van der Waals surface area contributed by atoms with Gasteiger partial charge in [-0.3, -0.25) is 4.99 Å². The number of hydrogen-bond donors (Lipinski definition) is 2. The SMILES string of the molecule is CN=C(NCc1ccc(N2CCN(C)CC2)nc1)NCC(C)Cc1cccs1.I. The Morgan fingerprint density at radius 3 is 2.62 bits per heavy atom. The number of nitrogens with one attached hydrogen (secondary N) is 2. The van der Waals surface area contributed by atoms with E-state index >= 15 is 0 Å². The molecule has 8 heteroatoms. The molecule has 0 amide bonds. The summed E-state index contributed by atoms with van der Waals surface area (Å²) in [6, 6.07) is 8.60. The Morgan fingerprint density at radius 2 is 2.00 bits per heavy atom. The molecule has 160 valence electrons. The lowest BCUT2D eigenvalue weighted by atomic mass is 10.1. The third-order valence-electron chi connectivity index (χ3n) is 5.07. The van der Waals surface area contributed by atoms with Gasteiger partial charge in [0.05, 0.1) is 0 Å². The lowest BCUT2D eigenvalue weighted by Crippen LogP contribution is -2.44. The molecule has 0 saturated carbocycles. The summed E-state index contributed by atoms with van der Waals surface area (Å²) in [6.07, 6.45) is 3.06. The van der Waals surface area contributed by atoms with Gasteiger partial charge in [0.2, 0.25) is 0 Å². The average molecular weight is 529 g/mol. The van der Waals surface area contributed by atoms with Crippen LogP contribution in [0, 0.1) is 5.92 Å². The first kappa shape index (κ1) is 23.9. The van der Waals surface area contributed by atoms with Crippen LogP contribution in [0.1, 0.15) is 17.4 Å². The van der Waals surface area contributed by atoms with Gasteiger partial charge in [-0.15, -0.1) is 35.3 Å². The first-order valence-corrected chi connectivity index (χ1v) is 10.9. The topological polar surface area (TPSA) is 55.8 Å². The van der Waals surface area contributed by atoms with Crippen LogP contribution in [-0.2, 0) is 13.0 Å². The van der Waals surface area contributed by atoms with E-state index in [1.165, 1.54) is 4.88 Å². The molecule has 0 spiro atoms. The summed E-state index contributed by atoms with van der Waals surface area (Å²) < 4.78 is 0. The molecular formula is C21H33IN6S. The Bertz CT molecular complexity index is 726. The number of likely N-dealkylation sites (N-methyl/N-ethyl adjacent to an activating group) is 1. The highest BCUT2D eigenvalue weighted by Crippen LogP contribution is 2.14. The zero-order valence-electron chi connectivity index (χ0n) is 17.6. The fraction of sp³-hybridized carbons (Fsp3) is 0.524. The minimum atomic E-state index is 0. The van der Waals surface area contributed by atoms with Crippen LogP contribution in [-0.4, -0.2) is 62.7 Å². The lowest BCUT2D eigenvalue weighted by molar-refractivity contribution is 0.312. The minimum absolute atomic E-state index is 0. The number of hydrogen-bond acceptors (Lipinski definition) is 5. The molecule has 29 heavy (non-hydrogen) atoms. The van der Waals surface area contributed by atoms with Crippen molar-refractivity contribution in [2.24, 2.45) is 10.9 Å². The van der Waals surface area contributed by atoms with Crippen LogP contribution in [0.3, 0.4) is 0 Å². The van der Waals surface area contributed by atoms with Crippen LogP contribution < -0.4 is 15.5 Å². The van der Waals surface area contributed by atoms with Crippen molar-refractivity contribution in [3.05, 3.63) is 46.3 Å². The second-order valence-corrected chi connectivity index (χ2v) is 8.54. The second kappa shape index (κ2) is 12.3. The van der Waals surface area contributed by atoms with Crippen molar-refractivity contribution in [2.45, 2.75) is 19.9 Å². The van der Waals surface area contributed by atoms with Gasteiger partial charge < -0.3 is 20.4 Å². The van der Waals surface area contributed by atoms with Crippen molar-refractivity contribution in [1.29, 1.82) is 0 Å². The van der Waals surface area contributed by atoms with E-state index in [0.717, 1.165) is 63.0 Å². The zero-order valence-corrected chi connectivity index (χ0v) is 20.7. The number of rotatable bonds is 7. The van der Waals surface area contributed by atoms with E-state index in [9.17, 15) is 0 Å². The summed E-state index contributed by atoms with van der Waals surface area (Å²) >= 11 is 1.82. The van der Waals surface area contributed by atoms with Crippen molar-refractivity contribution in [1.82, 2.24) is 20.5 Å². The van der Waals surface area contributed by atoms with Gasteiger partial charge in [-0.25, -0.2) is 4.98 Å². The van der Waals surface area contributed by atoms with Gasteiger partial charge >= 0.3 is 0 Å². The third-order valence-corrected chi connectivity index (χ3v) is 5.97. The zero-order chi connectivity index (χ0) is 19.8. The number of nitrogens with zero attached hydrogens (tertiary/aromatic N) is 4. The molecule has 1 saturated heterocycles. The highest BCUT2D eigenvalue weighted by molar-refractivity contribution is 14.0. The Balaban J connectivity index is 0.00000300. The quantitative estimate of drug-likeness (QED) is 0.329. The molecule has 1 aliphatic rings. The van der Waals surface area contributed by atoms with E-state index in [0.29, 0.717) is 5.92 Å². The van der Waals surface area contributed by atoms with Crippen LogP contribution in [0.5, 0.6) is 0 Å². The summed E-state index contributed by atoms with van der Waals surface area (Å²) in [5, 5.41) is 8.95. The number of aliphatic imine (C=N–C) groups is 1. The molecule has 3 rings (SSSR count). The highest BCUT2D eigenvalue weighted by Gasteiger charge is 2.15. The molecule has 0 aliphatic carbocycles. The smallest absolute Gasteiger partial charge is 0.191 e. The predicted molar refractivity (Wildman–Crippen MR) is 135 cm³/mol. The Kier molecular flexibility index (Phi) is 10.2. The van der Waals surface area contributed by atoms with Crippen LogP contribution in [0.4, 0.5) is 5.82 Å². The van der Waals surface area contributed by atoms with Gasteiger partial charge in [0, 0.05) is 57.4 Å². The van der Waals surface area contributed by atoms with Crippen molar-refractivity contribution in [3.8, 4) is 0 Å². The first-order valence-electron chi connectivity index (χ1n) is 9.99. The van der Waals surface area contributed by atoms with Gasteiger partial charge in [0.15, 0.2) is 5.96 Å². The fourth-order valence-electron chi connectivity index (χ4n) is 3.27. The van der Waals surface area contributed by atoms with Crippen molar-refractivity contribution in [2.75, 3.05) is 51.7 Å². The Hall–Kier alpha value is -1.39. The maximum absolute atomic E-state index is 4.66. The summed E-state index contributed by atoms with van der Waals surface area (Å²) in [6.45, 7) is 8.16. The van der Waals surface area contributed by atoms with Crippen molar-refractivity contribution >= 4 is 47.1 Å². The highest BCUT2D eigenvalue weighted by atomic mass is 127. The monoisotopic (exact) mass is 528 g/mol. The number of pyridine rings is 1. The summed E-state index contributed by atoms with van der Waals surface area (Å²) in [7, 11) is 3.98. The maximum atomic E-state index is 4.66. The fourth-order valence-corrected chi connectivity index (χ4v) is 4.14. The number of anilines is 1. The number of thiophene rings is 1. The van der Waals surface area contributed by atoms with Gasteiger partial charge in [0.25, 0.3) is 0 Å². The number of halogens is 1. The van der Waals surface area contributed by atoms with Gasteiger partial charge in [-0.1, -0.05) is 19.1 Å². The molecule has 0 aromatic carbocycles. The number of piperazine rings is 1. The molecule has 2 aromatic rings. The lowest BCUT2D eigenvalue weighted by Gasteiger charge is -2.33. The van der Waals surface area contributed by atoms with E-state index in [4.69, 9.17) is 0 Å². The standard InChI is InChI=1S/C21H32N6S.HI/c1-17(13-19-5-4-12-28-19)14-24-21(22-2)25-16-18-6-7-20(23-15-18)27-10-8-26(3)9-11-27;/h4-7,12,15,17H,8-11,13-14,16H2,1-3H3,(H2,22,24,25);1H. The van der Waals surface area contributed by atoms with Gasteiger partial charge in [0.1, 0.15) is 5.82 Å². The van der Waals surface area contributed by atoms with Crippen LogP contribution in [0.25, 0.3) is 0 Å². The maximum Gasteiger partial charge on any atom is 0.191 e. The average Bonchev–Trinajstić information content (AvgIpc) is 3.22. The number of guanidine groups is 1. The molecule has 0 radical (unpaired) electrons. The molecule has 1 atom stereocenters. The van der Waals surface area contributed by atoms with E-state index in [-0.39, 0.29) is 24.0 Å². The van der Waals surface area contributed by atoms with Crippen LogP contribution >= 0.6 is 35.3 Å². The molecule has 1 fully saturated rings. The van der Waals surface area contributed by atoms with Crippen LogP contribution in [0.2, 0.25) is 0 Å². The summed E-state index contributed by atoms with van der Waals surface area (Å²) in [5.41, 5.74) is 1.16. The number of aromatic nitrogens is 1. The normalized spacial score (nSPS) is 16.2. The largest absolute Gasteiger partial charge is 0.356 e. The molecule has 1 aliphatic heterocycles. The minimum Gasteiger partial charge on any atom is -0.356 e. The van der Waals surface area contributed by atoms with E-state index in [1.807, 2.05) is 24.6 Å². The predicted octanol–water partition coefficient (Wildman–Crippen LogP) is 3.06. The Morgan fingerprint density at radius 1 is 1.21 bits per heavy atom. The van der Waals surface area contributed by atoms with Crippen molar-refractivity contribution in [3.63, 3.8) is 0 Å². The van der Waals surface area contributed by atoms with Gasteiger partial charge in [-0.05, 0) is 42.5 Å². The first-order chi connectivity index (χ1) is 13.6. The van der Waals surface area contributed by atoms with Crippen molar-refractivity contribution < 1.29 is 0 Å². The molecule has 2 aromatic heterocycles. The molecule has 3 heterocycles. The summed E-state index contributed by atoms with van der Waals surface area (Å²) in [5.74, 6) is 2.46. The molecule has 0 bridgehead atoms. The van der Waals surface area contributed by atoms with E-state index in [2.05, 4.69) is 74.0 Å². The van der Waals surface area contributed by atoms with E-state index < -0.39 is 0 Å². The van der Waals surface area contributed by atoms with E-state index in [1.54, 1.807) is 0 Å². The molecule has 2 N–H and O–H groups in total. The van der Waals surface area contributed by atoms with Crippen LogP contribution in [0.15, 0.2) is 40.8 Å². The summed E-state index contributed by atoms with van der Waals surface area (Å²) in [4.78, 5) is 15.1. The van der Waals surface area contributed by atoms with Gasteiger partial charge in [-0.2, -0.15) is 0 Å². The molecule has 1 unspecified atom stereocenters.